The van der Waals surface area contributed by atoms with E-state index in [-0.39, 0.29) is 0 Å². The molecule has 0 aliphatic carbocycles. The van der Waals surface area contributed by atoms with Crippen molar-refractivity contribution in [2.24, 2.45) is 0 Å². The van der Waals surface area contributed by atoms with Crippen LogP contribution in [0.1, 0.15) is 5.56 Å². The molecule has 2 rings (SSSR count). The Kier molecular flexibility index (Phi) is 4.24. The Morgan fingerprint density at radius 2 is 1.83 bits per heavy atom. The molecule has 0 saturated heterocycles. The molecule has 0 amide bonds. The van der Waals surface area contributed by atoms with E-state index in [2.05, 4.69) is 17.4 Å². The summed E-state index contributed by atoms with van der Waals surface area (Å²) < 4.78 is 5.26. The molecule has 3 heteroatoms. The van der Waals surface area contributed by atoms with Gasteiger partial charge in [0.05, 0.1) is 7.11 Å². The van der Waals surface area contributed by atoms with Crippen molar-refractivity contribution in [3.8, 4) is 16.9 Å². The fraction of sp³-hybridized carbons (Fsp3) is 0.200. The molecule has 0 spiro atoms. The highest BCUT2D eigenvalue weighted by atomic mass is 35.5. The van der Waals surface area contributed by atoms with Gasteiger partial charge in [0.2, 0.25) is 0 Å². The summed E-state index contributed by atoms with van der Waals surface area (Å²) in [6.07, 6.45) is 0. The van der Waals surface area contributed by atoms with Crippen molar-refractivity contribution in [3.05, 3.63) is 53.1 Å². The Balaban J connectivity index is 2.45. The average Bonchev–Trinajstić information content (AvgIpc) is 2.40. The van der Waals surface area contributed by atoms with Gasteiger partial charge in [0.15, 0.2) is 0 Å². The molecule has 2 aromatic carbocycles. The standard InChI is InChI=1S/C15H16ClNO/c1-17-10-12-9-14(18-2)7-8-15(12)11-3-5-13(16)6-4-11/h3-9,17H,10H2,1-2H3. The van der Waals surface area contributed by atoms with Crippen molar-refractivity contribution in [1.29, 1.82) is 0 Å². The zero-order chi connectivity index (χ0) is 13.0. The van der Waals surface area contributed by atoms with Gasteiger partial charge in [-0.05, 0) is 48.0 Å². The molecule has 0 heterocycles. The molecule has 0 aromatic heterocycles. The first-order valence-electron chi connectivity index (χ1n) is 5.82. The van der Waals surface area contributed by atoms with Crippen molar-refractivity contribution in [1.82, 2.24) is 5.32 Å². The van der Waals surface area contributed by atoms with Gasteiger partial charge in [-0.3, -0.25) is 0 Å². The van der Waals surface area contributed by atoms with Crippen LogP contribution in [0.25, 0.3) is 11.1 Å². The number of hydrogen-bond donors (Lipinski definition) is 1. The van der Waals surface area contributed by atoms with Gasteiger partial charge in [0.25, 0.3) is 0 Å². The van der Waals surface area contributed by atoms with Crippen LogP contribution in [0, 0.1) is 0 Å². The summed E-state index contributed by atoms with van der Waals surface area (Å²) >= 11 is 5.92. The molecule has 94 valence electrons. The second-order valence-corrected chi connectivity index (χ2v) is 4.50. The van der Waals surface area contributed by atoms with E-state index in [9.17, 15) is 0 Å². The van der Waals surface area contributed by atoms with Crippen LogP contribution < -0.4 is 10.1 Å². The highest BCUT2D eigenvalue weighted by Crippen LogP contribution is 2.28. The highest BCUT2D eigenvalue weighted by molar-refractivity contribution is 6.30. The summed E-state index contributed by atoms with van der Waals surface area (Å²) in [6, 6.07) is 14.0. The second-order valence-electron chi connectivity index (χ2n) is 4.06. The summed E-state index contributed by atoms with van der Waals surface area (Å²) in [5.41, 5.74) is 3.56. The number of hydrogen-bond acceptors (Lipinski definition) is 2. The van der Waals surface area contributed by atoms with E-state index in [4.69, 9.17) is 16.3 Å². The molecule has 0 aliphatic heterocycles. The predicted octanol–water partition coefficient (Wildman–Crippen LogP) is 3.74. The minimum atomic E-state index is 0.752. The van der Waals surface area contributed by atoms with Crippen LogP contribution in [-0.2, 0) is 6.54 Å². The number of rotatable bonds is 4. The smallest absolute Gasteiger partial charge is 0.119 e. The summed E-state index contributed by atoms with van der Waals surface area (Å²) in [6.45, 7) is 0.801. The lowest BCUT2D eigenvalue weighted by Gasteiger charge is -2.11. The molecule has 18 heavy (non-hydrogen) atoms. The van der Waals surface area contributed by atoms with Gasteiger partial charge in [-0.1, -0.05) is 29.8 Å². The van der Waals surface area contributed by atoms with E-state index >= 15 is 0 Å². The summed E-state index contributed by atoms with van der Waals surface area (Å²) in [5, 5.41) is 3.93. The maximum atomic E-state index is 5.92. The maximum Gasteiger partial charge on any atom is 0.119 e. The van der Waals surface area contributed by atoms with Crippen LogP contribution in [0.2, 0.25) is 5.02 Å². The lowest BCUT2D eigenvalue weighted by Crippen LogP contribution is -2.06. The Bertz CT molecular complexity index is 523. The number of methoxy groups -OCH3 is 1. The van der Waals surface area contributed by atoms with Crippen molar-refractivity contribution >= 4 is 11.6 Å². The van der Waals surface area contributed by atoms with E-state index in [0.717, 1.165) is 22.9 Å². The minimum Gasteiger partial charge on any atom is -0.497 e. The molecule has 0 radical (unpaired) electrons. The summed E-state index contributed by atoms with van der Waals surface area (Å²) in [7, 11) is 3.62. The molecule has 0 unspecified atom stereocenters. The second kappa shape index (κ2) is 5.89. The Morgan fingerprint density at radius 3 is 2.44 bits per heavy atom. The van der Waals surface area contributed by atoms with Gasteiger partial charge in [0.1, 0.15) is 5.75 Å². The van der Waals surface area contributed by atoms with Crippen molar-refractivity contribution in [3.63, 3.8) is 0 Å². The van der Waals surface area contributed by atoms with E-state index in [1.807, 2.05) is 37.4 Å². The minimum absolute atomic E-state index is 0.752. The number of benzene rings is 2. The molecule has 1 N–H and O–H groups in total. The maximum absolute atomic E-state index is 5.92. The molecule has 0 atom stereocenters. The van der Waals surface area contributed by atoms with E-state index in [1.165, 1.54) is 11.1 Å². The van der Waals surface area contributed by atoms with Crippen molar-refractivity contribution in [2.45, 2.75) is 6.54 Å². The van der Waals surface area contributed by atoms with Gasteiger partial charge in [-0.15, -0.1) is 0 Å². The molecule has 0 bridgehead atoms. The van der Waals surface area contributed by atoms with Crippen LogP contribution in [-0.4, -0.2) is 14.2 Å². The monoisotopic (exact) mass is 261 g/mol. The van der Waals surface area contributed by atoms with E-state index in [0.29, 0.717) is 0 Å². The lowest BCUT2D eigenvalue weighted by molar-refractivity contribution is 0.414. The molecule has 2 nitrogen and oxygen atoms in total. The predicted molar refractivity (Wildman–Crippen MR) is 76.2 cm³/mol. The molecular weight excluding hydrogens is 246 g/mol. The Labute approximate surface area is 113 Å². The quantitative estimate of drug-likeness (QED) is 0.905. The number of halogens is 1. The van der Waals surface area contributed by atoms with Crippen molar-refractivity contribution < 1.29 is 4.74 Å². The molecule has 0 fully saturated rings. The SMILES string of the molecule is CNCc1cc(OC)ccc1-c1ccc(Cl)cc1. The van der Waals surface area contributed by atoms with Crippen LogP contribution in [0.5, 0.6) is 5.75 Å². The normalized spacial score (nSPS) is 10.4. The van der Waals surface area contributed by atoms with Crippen LogP contribution >= 0.6 is 11.6 Å². The fourth-order valence-electron chi connectivity index (χ4n) is 1.94. The fourth-order valence-corrected chi connectivity index (χ4v) is 2.07. The number of ether oxygens (including phenoxy) is 1. The largest absolute Gasteiger partial charge is 0.497 e. The van der Waals surface area contributed by atoms with Gasteiger partial charge < -0.3 is 10.1 Å². The lowest BCUT2D eigenvalue weighted by atomic mass is 9.99. The first-order valence-corrected chi connectivity index (χ1v) is 6.20. The van der Waals surface area contributed by atoms with Gasteiger partial charge in [-0.25, -0.2) is 0 Å². The Morgan fingerprint density at radius 1 is 1.11 bits per heavy atom. The van der Waals surface area contributed by atoms with E-state index < -0.39 is 0 Å². The summed E-state index contributed by atoms with van der Waals surface area (Å²) in [5.74, 6) is 0.873. The number of nitrogens with one attached hydrogen (secondary N) is 1. The third-order valence-corrected chi connectivity index (χ3v) is 3.09. The zero-order valence-corrected chi connectivity index (χ0v) is 11.3. The Hall–Kier alpha value is -1.51. The van der Waals surface area contributed by atoms with Gasteiger partial charge >= 0.3 is 0 Å². The van der Waals surface area contributed by atoms with Crippen LogP contribution in [0.15, 0.2) is 42.5 Å². The molecule has 2 aromatic rings. The van der Waals surface area contributed by atoms with Gasteiger partial charge in [-0.2, -0.15) is 0 Å². The van der Waals surface area contributed by atoms with Crippen molar-refractivity contribution in [2.75, 3.05) is 14.2 Å². The topological polar surface area (TPSA) is 21.3 Å². The molecule has 0 saturated carbocycles. The van der Waals surface area contributed by atoms with Crippen LogP contribution in [0.3, 0.4) is 0 Å². The zero-order valence-electron chi connectivity index (χ0n) is 10.5. The highest BCUT2D eigenvalue weighted by Gasteiger charge is 2.06. The average molecular weight is 262 g/mol. The molecule has 0 aliphatic rings. The first-order chi connectivity index (χ1) is 8.74. The molecular formula is C15H16ClNO. The van der Waals surface area contributed by atoms with E-state index in [1.54, 1.807) is 7.11 Å². The van der Waals surface area contributed by atoms with Crippen LogP contribution in [0.4, 0.5) is 0 Å². The third kappa shape index (κ3) is 2.84. The van der Waals surface area contributed by atoms with Gasteiger partial charge in [0, 0.05) is 11.6 Å². The first kappa shape index (κ1) is 12.9. The summed E-state index contributed by atoms with van der Waals surface area (Å²) in [4.78, 5) is 0. The third-order valence-electron chi connectivity index (χ3n) is 2.83.